The van der Waals surface area contributed by atoms with Gasteiger partial charge in [0.15, 0.2) is 0 Å². The molecular weight excluding hydrogens is 561 g/mol. The van der Waals surface area contributed by atoms with Crippen LogP contribution in [0.2, 0.25) is 5.02 Å². The summed E-state index contributed by atoms with van der Waals surface area (Å²) in [6, 6.07) is 23.8. The van der Waals surface area contributed by atoms with Crippen LogP contribution in [0.25, 0.3) is 0 Å². The number of nitrogens with one attached hydrogen (secondary N) is 2. The van der Waals surface area contributed by atoms with Gasteiger partial charge in [-0.25, -0.2) is 9.18 Å². The Bertz CT molecular complexity index is 1560. The number of carbonyl (C=O) groups excluding carboxylic acids is 2. The molecule has 3 amide bonds. The molecule has 8 nitrogen and oxygen atoms in total. The lowest BCUT2D eigenvalue weighted by Gasteiger charge is -2.38. The van der Waals surface area contributed by atoms with Crippen LogP contribution in [0.15, 0.2) is 91.0 Å². The van der Waals surface area contributed by atoms with Gasteiger partial charge in [-0.15, -0.1) is 0 Å². The first kappa shape index (κ1) is 28.9. The minimum absolute atomic E-state index is 0.217. The molecule has 4 aromatic rings. The zero-order chi connectivity index (χ0) is 29.7. The van der Waals surface area contributed by atoms with Crippen LogP contribution in [0.1, 0.15) is 28.8 Å². The molecule has 1 heterocycles. The molecule has 4 aromatic carbocycles. The Balaban J connectivity index is 1.32. The fourth-order valence-corrected chi connectivity index (χ4v) is 4.81. The Labute approximate surface area is 247 Å². The molecule has 0 spiro atoms. The average Bonchev–Trinajstić information content (AvgIpc) is 2.99. The Morgan fingerprint density at radius 2 is 1.38 bits per heavy atom. The molecule has 0 bridgehead atoms. The fourth-order valence-electron chi connectivity index (χ4n) is 4.69. The number of amides is 3. The minimum atomic E-state index is -1.04. The van der Waals surface area contributed by atoms with Gasteiger partial charge in [0.2, 0.25) is 0 Å². The third kappa shape index (κ3) is 6.99. The van der Waals surface area contributed by atoms with Gasteiger partial charge < -0.3 is 30.1 Å². The summed E-state index contributed by atoms with van der Waals surface area (Å²) in [7, 11) is 1.55. The highest BCUT2D eigenvalue weighted by molar-refractivity contribution is 6.30. The Hall–Kier alpha value is -4.60. The number of urea groups is 1. The van der Waals surface area contributed by atoms with Gasteiger partial charge in [-0.1, -0.05) is 23.7 Å². The van der Waals surface area contributed by atoms with Crippen molar-refractivity contribution < 1.29 is 28.6 Å². The Morgan fingerprint density at radius 1 is 0.833 bits per heavy atom. The largest absolute Gasteiger partial charge is 0.457 e. The summed E-state index contributed by atoms with van der Waals surface area (Å²) >= 11 is 5.99. The SMILES string of the molecule is CNC(=O)c1ccc(Oc2cc(NC(=O)N3CCC(O)(c4ccc(Cl)cc4)CC3)cc(Oc3ccc(F)cc3)c2)cc1. The van der Waals surface area contributed by atoms with Crippen LogP contribution in [0.4, 0.5) is 14.9 Å². The van der Waals surface area contributed by atoms with Crippen LogP contribution in [-0.2, 0) is 5.60 Å². The third-order valence-corrected chi connectivity index (χ3v) is 7.27. The summed E-state index contributed by atoms with van der Waals surface area (Å²) in [6.07, 6.45) is 0.742. The summed E-state index contributed by atoms with van der Waals surface area (Å²) in [4.78, 5) is 26.7. The quantitative estimate of drug-likeness (QED) is 0.217. The molecule has 0 radical (unpaired) electrons. The molecule has 1 fully saturated rings. The molecule has 0 saturated carbocycles. The van der Waals surface area contributed by atoms with Crippen molar-refractivity contribution in [3.05, 3.63) is 113 Å². The van der Waals surface area contributed by atoms with Gasteiger partial charge in [-0.05, 0) is 79.1 Å². The van der Waals surface area contributed by atoms with E-state index in [1.807, 2.05) is 0 Å². The van der Waals surface area contributed by atoms with E-state index in [1.165, 1.54) is 24.3 Å². The van der Waals surface area contributed by atoms with Crippen molar-refractivity contribution in [1.82, 2.24) is 10.2 Å². The van der Waals surface area contributed by atoms with Crippen LogP contribution < -0.4 is 20.1 Å². The zero-order valence-electron chi connectivity index (χ0n) is 22.8. The molecule has 3 N–H and O–H groups in total. The second-order valence-corrected chi connectivity index (χ2v) is 10.3. The van der Waals surface area contributed by atoms with E-state index in [1.54, 1.807) is 78.7 Å². The monoisotopic (exact) mass is 589 g/mol. The van der Waals surface area contributed by atoms with Gasteiger partial charge in [-0.3, -0.25) is 4.79 Å². The van der Waals surface area contributed by atoms with Gasteiger partial charge in [0.1, 0.15) is 28.8 Å². The zero-order valence-corrected chi connectivity index (χ0v) is 23.5. The fraction of sp³-hybridized carbons (Fsp3) is 0.188. The Kier molecular flexibility index (Phi) is 8.61. The number of ether oxygens (including phenoxy) is 2. The van der Waals surface area contributed by atoms with Gasteiger partial charge >= 0.3 is 6.03 Å². The average molecular weight is 590 g/mol. The van der Waals surface area contributed by atoms with Crippen molar-refractivity contribution in [2.75, 3.05) is 25.5 Å². The number of benzene rings is 4. The van der Waals surface area contributed by atoms with E-state index in [0.717, 1.165) is 5.56 Å². The summed E-state index contributed by atoms with van der Waals surface area (Å²) in [5.41, 5.74) is 0.618. The van der Waals surface area contributed by atoms with Crippen LogP contribution in [0.3, 0.4) is 0 Å². The molecule has 0 aromatic heterocycles. The summed E-state index contributed by atoms with van der Waals surface area (Å²) < 4.78 is 25.3. The molecule has 42 heavy (non-hydrogen) atoms. The number of hydrogen-bond donors (Lipinski definition) is 3. The van der Waals surface area contributed by atoms with E-state index < -0.39 is 11.4 Å². The van der Waals surface area contributed by atoms with E-state index in [4.69, 9.17) is 21.1 Å². The first-order valence-corrected chi connectivity index (χ1v) is 13.7. The van der Waals surface area contributed by atoms with Gasteiger partial charge in [-0.2, -0.15) is 0 Å². The number of hydrogen-bond acceptors (Lipinski definition) is 5. The predicted octanol–water partition coefficient (Wildman–Crippen LogP) is 6.94. The smallest absolute Gasteiger partial charge is 0.321 e. The molecule has 0 unspecified atom stereocenters. The number of rotatable bonds is 7. The number of anilines is 1. The van der Waals surface area contributed by atoms with Crippen molar-refractivity contribution in [2.45, 2.75) is 18.4 Å². The summed E-state index contributed by atoms with van der Waals surface area (Å²) in [6.45, 7) is 0.690. The molecule has 5 rings (SSSR count). The van der Waals surface area contributed by atoms with Crippen LogP contribution in [-0.4, -0.2) is 42.1 Å². The van der Waals surface area contributed by atoms with Crippen LogP contribution in [0.5, 0.6) is 23.0 Å². The van der Waals surface area contributed by atoms with E-state index in [-0.39, 0.29) is 11.9 Å². The van der Waals surface area contributed by atoms with Crippen molar-refractivity contribution in [3.8, 4) is 23.0 Å². The first-order chi connectivity index (χ1) is 20.2. The van der Waals surface area contributed by atoms with Gasteiger partial charge in [0.05, 0.1) is 5.60 Å². The topological polar surface area (TPSA) is 100 Å². The summed E-state index contributed by atoms with van der Waals surface area (Å²) in [5.74, 6) is 0.984. The number of likely N-dealkylation sites (tertiary alicyclic amines) is 1. The molecular formula is C32H29ClFN3O5. The second-order valence-electron chi connectivity index (χ2n) is 9.91. The van der Waals surface area contributed by atoms with Gasteiger partial charge in [0.25, 0.3) is 5.91 Å². The normalized spacial score (nSPS) is 14.1. The maximum atomic E-state index is 13.4. The van der Waals surface area contributed by atoms with E-state index >= 15 is 0 Å². The lowest BCUT2D eigenvalue weighted by molar-refractivity contribution is -0.0156. The standard InChI is InChI=1S/C32H29ClFN3O5/c1-35-30(38)21-2-10-26(11-3-21)41-28-18-25(19-29(20-28)42-27-12-8-24(34)9-13-27)36-31(39)37-16-14-32(40,15-17-37)22-4-6-23(33)7-5-22/h2-13,18-20,40H,14-17H2,1H3,(H,35,38)(H,36,39). The molecule has 0 aliphatic carbocycles. The van der Waals surface area contributed by atoms with E-state index in [0.29, 0.717) is 65.2 Å². The van der Waals surface area contributed by atoms with Crippen LogP contribution >= 0.6 is 11.6 Å². The molecule has 10 heteroatoms. The summed E-state index contributed by atoms with van der Waals surface area (Å²) in [5, 5.41) is 17.2. The number of aliphatic hydroxyl groups is 1. The lowest BCUT2D eigenvalue weighted by Crippen LogP contribution is -2.46. The Morgan fingerprint density at radius 3 is 1.93 bits per heavy atom. The molecule has 216 valence electrons. The number of halogens is 2. The van der Waals surface area contributed by atoms with Crippen molar-refractivity contribution in [1.29, 1.82) is 0 Å². The second kappa shape index (κ2) is 12.5. The molecule has 1 aliphatic heterocycles. The molecule has 0 atom stereocenters. The highest BCUT2D eigenvalue weighted by Gasteiger charge is 2.35. The molecule has 1 saturated heterocycles. The maximum absolute atomic E-state index is 13.4. The lowest BCUT2D eigenvalue weighted by atomic mass is 9.84. The van der Waals surface area contributed by atoms with E-state index in [2.05, 4.69) is 10.6 Å². The number of nitrogens with zero attached hydrogens (tertiary/aromatic N) is 1. The van der Waals surface area contributed by atoms with Crippen molar-refractivity contribution in [3.63, 3.8) is 0 Å². The van der Waals surface area contributed by atoms with E-state index in [9.17, 15) is 19.1 Å². The highest BCUT2D eigenvalue weighted by atomic mass is 35.5. The minimum Gasteiger partial charge on any atom is -0.457 e. The first-order valence-electron chi connectivity index (χ1n) is 13.3. The van der Waals surface area contributed by atoms with Crippen molar-refractivity contribution >= 4 is 29.2 Å². The van der Waals surface area contributed by atoms with Crippen LogP contribution in [0, 0.1) is 5.82 Å². The maximum Gasteiger partial charge on any atom is 0.321 e. The molecule has 1 aliphatic rings. The van der Waals surface area contributed by atoms with Gasteiger partial charge in [0, 0.05) is 54.6 Å². The van der Waals surface area contributed by atoms with Crippen molar-refractivity contribution in [2.24, 2.45) is 0 Å². The number of piperidine rings is 1. The number of carbonyl (C=O) groups is 2. The third-order valence-electron chi connectivity index (χ3n) is 7.02. The highest BCUT2D eigenvalue weighted by Crippen LogP contribution is 2.35. The predicted molar refractivity (Wildman–Crippen MR) is 158 cm³/mol.